The number of amides is 4. The van der Waals surface area contributed by atoms with E-state index in [9.17, 15) is 19.2 Å². The molecule has 8 rings (SSSR count). The standard InChI is InChI=1S/2C22H25N3O4S/c2*1-2-29-22(27)23-16-7-8-20-18(15-16)25(17-5-3-4-6-19(17)30-20)21(26)9-10-24-11-13-28-14-12-24/h2*3-8,15H,2,9-14H2,1H3,(H,23,27). The quantitative estimate of drug-likeness (QED) is 0.159. The molecule has 0 atom stereocenters. The second kappa shape index (κ2) is 20.9. The predicted octanol–water partition coefficient (Wildman–Crippen LogP) is 8.21. The summed E-state index contributed by atoms with van der Waals surface area (Å²) in [6.45, 7) is 11.8. The molecule has 0 unspecified atom stereocenters. The Bertz CT molecular complexity index is 2010. The van der Waals surface area contributed by atoms with Crippen molar-refractivity contribution < 1.29 is 38.1 Å². The van der Waals surface area contributed by atoms with E-state index in [0.29, 0.717) is 76.9 Å². The molecular formula is C44H50N6O8S2. The Kier molecular flexibility index (Phi) is 15.0. The molecule has 16 heteroatoms. The molecule has 4 heterocycles. The number of benzene rings is 4. The highest BCUT2D eigenvalue weighted by Gasteiger charge is 2.31. The molecule has 4 aromatic rings. The number of nitrogens with zero attached hydrogens (tertiary/aromatic N) is 4. The highest BCUT2D eigenvalue weighted by molar-refractivity contribution is 8.00. The highest BCUT2D eigenvalue weighted by atomic mass is 32.2. The van der Waals surface area contributed by atoms with E-state index in [-0.39, 0.29) is 11.8 Å². The third-order valence-electron chi connectivity index (χ3n) is 10.1. The van der Waals surface area contributed by atoms with Gasteiger partial charge in [0.1, 0.15) is 0 Å². The second-order valence-electron chi connectivity index (χ2n) is 14.1. The van der Waals surface area contributed by atoms with Gasteiger partial charge in [0, 0.05) is 83.1 Å². The van der Waals surface area contributed by atoms with Gasteiger partial charge in [0.25, 0.3) is 0 Å². The Morgan fingerprint density at radius 1 is 0.550 bits per heavy atom. The number of morpholine rings is 2. The van der Waals surface area contributed by atoms with Gasteiger partial charge in [-0.2, -0.15) is 0 Å². The molecule has 2 saturated heterocycles. The van der Waals surface area contributed by atoms with Gasteiger partial charge >= 0.3 is 12.2 Å². The minimum atomic E-state index is -0.508. The molecule has 316 valence electrons. The van der Waals surface area contributed by atoms with Crippen LogP contribution in [0.15, 0.2) is 105 Å². The van der Waals surface area contributed by atoms with Gasteiger partial charge in [-0.25, -0.2) is 9.59 Å². The fraction of sp³-hybridized carbons (Fsp3) is 0.364. The first kappa shape index (κ1) is 43.0. The van der Waals surface area contributed by atoms with Gasteiger partial charge in [0.2, 0.25) is 11.8 Å². The first-order valence-corrected chi connectivity index (χ1v) is 21.9. The SMILES string of the molecule is CCOC(=O)Nc1ccc2c(c1)N(C(=O)CCN1CCOCC1)c1ccccc1S2.CCOC(=O)Nc1ccc2c(c1)N(C(=O)CCN1CCOCC1)c1ccccc1S2. The van der Waals surface area contributed by atoms with Crippen LogP contribution in [0.4, 0.5) is 43.7 Å². The van der Waals surface area contributed by atoms with Gasteiger partial charge in [-0.05, 0) is 74.5 Å². The third kappa shape index (κ3) is 10.8. The number of ether oxygens (including phenoxy) is 4. The largest absolute Gasteiger partial charge is 0.450 e. The normalized spacial score (nSPS) is 15.8. The van der Waals surface area contributed by atoms with Crippen LogP contribution in [0.25, 0.3) is 0 Å². The zero-order chi connectivity index (χ0) is 41.8. The van der Waals surface area contributed by atoms with Gasteiger partial charge in [-0.15, -0.1) is 0 Å². The molecule has 4 amide bonds. The molecule has 0 spiro atoms. The molecule has 0 aromatic heterocycles. The van der Waals surface area contributed by atoms with Crippen LogP contribution in [0, 0.1) is 0 Å². The van der Waals surface area contributed by atoms with E-state index in [1.54, 1.807) is 47.2 Å². The van der Waals surface area contributed by atoms with Crippen LogP contribution in [-0.4, -0.2) is 113 Å². The fourth-order valence-electron chi connectivity index (χ4n) is 7.15. The number of anilines is 6. The third-order valence-corrected chi connectivity index (χ3v) is 12.3. The van der Waals surface area contributed by atoms with Crippen LogP contribution in [0.5, 0.6) is 0 Å². The highest BCUT2D eigenvalue weighted by Crippen LogP contribution is 2.50. The van der Waals surface area contributed by atoms with Crippen LogP contribution >= 0.6 is 23.5 Å². The topological polar surface area (TPSA) is 142 Å². The van der Waals surface area contributed by atoms with Crippen molar-refractivity contribution in [2.45, 2.75) is 46.3 Å². The maximum atomic E-state index is 13.3. The van der Waals surface area contributed by atoms with Crippen molar-refractivity contribution in [2.24, 2.45) is 0 Å². The number of carbonyl (C=O) groups excluding carboxylic acids is 4. The lowest BCUT2D eigenvalue weighted by atomic mass is 10.2. The Morgan fingerprint density at radius 2 is 0.933 bits per heavy atom. The minimum absolute atomic E-state index is 0.0313. The van der Waals surface area contributed by atoms with Gasteiger partial charge in [0.15, 0.2) is 0 Å². The molecular weight excluding hydrogens is 805 g/mol. The van der Waals surface area contributed by atoms with E-state index in [1.807, 2.05) is 84.9 Å². The molecule has 4 aliphatic rings. The van der Waals surface area contributed by atoms with Crippen LogP contribution in [0.1, 0.15) is 26.7 Å². The number of hydrogen-bond donors (Lipinski definition) is 2. The van der Waals surface area contributed by atoms with Crippen LogP contribution in [0.3, 0.4) is 0 Å². The van der Waals surface area contributed by atoms with Crippen molar-refractivity contribution >= 4 is 81.6 Å². The predicted molar refractivity (Wildman–Crippen MR) is 233 cm³/mol. The number of rotatable bonds is 10. The Balaban J connectivity index is 0.000000181. The van der Waals surface area contributed by atoms with E-state index in [1.165, 1.54) is 0 Å². The summed E-state index contributed by atoms with van der Waals surface area (Å²) in [5.74, 6) is 0.0625. The van der Waals surface area contributed by atoms with Crippen molar-refractivity contribution in [3.8, 4) is 0 Å². The van der Waals surface area contributed by atoms with Crippen molar-refractivity contribution in [3.63, 3.8) is 0 Å². The number of fused-ring (bicyclic) bond motifs is 4. The van der Waals surface area contributed by atoms with E-state index >= 15 is 0 Å². The summed E-state index contributed by atoms with van der Waals surface area (Å²) >= 11 is 3.25. The smallest absolute Gasteiger partial charge is 0.411 e. The minimum Gasteiger partial charge on any atom is -0.450 e. The van der Waals surface area contributed by atoms with Crippen molar-refractivity contribution in [3.05, 3.63) is 84.9 Å². The van der Waals surface area contributed by atoms with Crippen molar-refractivity contribution in [2.75, 3.05) is 99.3 Å². The molecule has 4 aromatic carbocycles. The number of hydrogen-bond acceptors (Lipinski definition) is 12. The van der Waals surface area contributed by atoms with E-state index in [4.69, 9.17) is 18.9 Å². The first-order valence-electron chi connectivity index (χ1n) is 20.3. The molecule has 0 bridgehead atoms. The summed E-state index contributed by atoms with van der Waals surface area (Å²) in [5.41, 5.74) is 4.49. The molecule has 0 radical (unpaired) electrons. The summed E-state index contributed by atoms with van der Waals surface area (Å²) < 4.78 is 20.7. The van der Waals surface area contributed by atoms with Gasteiger partial charge < -0.3 is 18.9 Å². The second-order valence-corrected chi connectivity index (χ2v) is 16.2. The average molecular weight is 855 g/mol. The summed E-state index contributed by atoms with van der Waals surface area (Å²) in [6.07, 6.45) is -0.194. The summed E-state index contributed by atoms with van der Waals surface area (Å²) in [4.78, 5) is 62.5. The summed E-state index contributed by atoms with van der Waals surface area (Å²) in [6, 6.07) is 27.0. The monoisotopic (exact) mass is 854 g/mol. The van der Waals surface area contributed by atoms with Crippen molar-refractivity contribution in [1.82, 2.24) is 9.80 Å². The number of carbonyl (C=O) groups is 4. The molecule has 14 nitrogen and oxygen atoms in total. The zero-order valence-electron chi connectivity index (χ0n) is 33.9. The maximum absolute atomic E-state index is 13.3. The van der Waals surface area contributed by atoms with Gasteiger partial charge in [-0.1, -0.05) is 47.8 Å². The van der Waals surface area contributed by atoms with Crippen LogP contribution in [-0.2, 0) is 28.5 Å². The Labute approximate surface area is 358 Å². The average Bonchev–Trinajstić information content (AvgIpc) is 3.27. The molecule has 2 N–H and O–H groups in total. The summed E-state index contributed by atoms with van der Waals surface area (Å²) in [7, 11) is 0. The van der Waals surface area contributed by atoms with Crippen LogP contribution in [0.2, 0.25) is 0 Å². The lowest BCUT2D eigenvalue weighted by Gasteiger charge is -2.32. The fourth-order valence-corrected chi connectivity index (χ4v) is 9.23. The first-order chi connectivity index (χ1) is 29.3. The zero-order valence-corrected chi connectivity index (χ0v) is 35.5. The van der Waals surface area contributed by atoms with Crippen molar-refractivity contribution in [1.29, 1.82) is 0 Å². The summed E-state index contributed by atoms with van der Waals surface area (Å²) in [5, 5.41) is 5.46. The lowest BCUT2D eigenvalue weighted by molar-refractivity contribution is -0.119. The molecule has 0 aliphatic carbocycles. The van der Waals surface area contributed by atoms with E-state index in [0.717, 1.165) is 68.5 Å². The lowest BCUT2D eigenvalue weighted by Crippen LogP contribution is -2.39. The molecule has 4 aliphatic heterocycles. The van der Waals surface area contributed by atoms with E-state index < -0.39 is 12.2 Å². The van der Waals surface area contributed by atoms with Gasteiger partial charge in [0.05, 0.1) is 62.4 Å². The Hall–Kier alpha value is -5.10. The van der Waals surface area contributed by atoms with E-state index in [2.05, 4.69) is 20.4 Å². The van der Waals surface area contributed by atoms with Gasteiger partial charge in [-0.3, -0.25) is 39.8 Å². The maximum Gasteiger partial charge on any atom is 0.411 e. The van der Waals surface area contributed by atoms with Crippen LogP contribution < -0.4 is 20.4 Å². The number of nitrogens with one attached hydrogen (secondary N) is 2. The molecule has 2 fully saturated rings. The molecule has 0 saturated carbocycles. The number of para-hydroxylation sites is 2. The Morgan fingerprint density at radius 3 is 1.33 bits per heavy atom. The molecule has 60 heavy (non-hydrogen) atoms.